The van der Waals surface area contributed by atoms with Crippen molar-refractivity contribution in [2.75, 3.05) is 7.11 Å². The molecule has 3 aromatic heterocycles. The number of aryl methyl sites for hydroxylation is 2. The van der Waals surface area contributed by atoms with E-state index in [9.17, 15) is 4.79 Å². The van der Waals surface area contributed by atoms with Crippen LogP contribution >= 0.6 is 46.3 Å². The van der Waals surface area contributed by atoms with Crippen molar-refractivity contribution in [2.45, 2.75) is 30.2 Å². The first kappa shape index (κ1) is 22.0. The molecule has 3 heterocycles. The highest BCUT2D eigenvalue weighted by Crippen LogP contribution is 2.38. The monoisotopic (exact) mass is 528 g/mol. The van der Waals surface area contributed by atoms with Crippen LogP contribution in [0.4, 0.5) is 0 Å². The molecule has 0 amide bonds. The van der Waals surface area contributed by atoms with Gasteiger partial charge >= 0.3 is 0 Å². The zero-order chi connectivity index (χ0) is 23.4. The standard InChI is InChI=1S/C24H18Cl2N4O2S2/c1-32-18-7-3-2-6-17(18)29-21(31)20-14-5-4-8-19(14)34-22(20)30-23(29)27-28-24(30)33-12-13-9-10-15(25)16(26)11-13/h2-3,6-7,9-11H,4-5,8,12H2,1H3. The van der Waals surface area contributed by atoms with Gasteiger partial charge in [-0.25, -0.2) is 8.97 Å². The molecule has 0 spiro atoms. The second kappa shape index (κ2) is 8.61. The molecule has 10 heteroatoms. The van der Waals surface area contributed by atoms with Crippen LogP contribution in [0, 0.1) is 0 Å². The summed E-state index contributed by atoms with van der Waals surface area (Å²) in [6, 6.07) is 13.1. The highest BCUT2D eigenvalue weighted by atomic mass is 35.5. The number of hydrogen-bond donors (Lipinski definition) is 0. The SMILES string of the molecule is COc1ccccc1-n1c(=O)c2c3c(sc2n2c(SCc4ccc(Cl)c(Cl)c4)nnc12)CCC3. The van der Waals surface area contributed by atoms with Crippen LogP contribution < -0.4 is 10.3 Å². The first-order chi connectivity index (χ1) is 16.6. The van der Waals surface area contributed by atoms with E-state index in [1.54, 1.807) is 40.8 Å². The van der Waals surface area contributed by atoms with Gasteiger partial charge in [-0.2, -0.15) is 0 Å². The Hall–Kier alpha value is -2.52. The van der Waals surface area contributed by atoms with Gasteiger partial charge in [-0.15, -0.1) is 21.5 Å². The zero-order valence-electron chi connectivity index (χ0n) is 18.0. The summed E-state index contributed by atoms with van der Waals surface area (Å²) in [5.74, 6) is 1.71. The number of nitrogens with zero attached hydrogens (tertiary/aromatic N) is 4. The predicted molar refractivity (Wildman–Crippen MR) is 139 cm³/mol. The molecule has 5 aromatic rings. The van der Waals surface area contributed by atoms with E-state index in [1.807, 2.05) is 40.8 Å². The van der Waals surface area contributed by atoms with Crippen molar-refractivity contribution >= 4 is 62.3 Å². The summed E-state index contributed by atoms with van der Waals surface area (Å²) in [4.78, 5) is 16.1. The number of fused-ring (bicyclic) bond motifs is 5. The summed E-state index contributed by atoms with van der Waals surface area (Å²) in [6.45, 7) is 0. The minimum atomic E-state index is -0.0835. The van der Waals surface area contributed by atoms with Crippen LogP contribution in [0.2, 0.25) is 10.0 Å². The number of para-hydroxylation sites is 2. The maximum Gasteiger partial charge on any atom is 0.268 e. The van der Waals surface area contributed by atoms with Crippen LogP contribution in [-0.4, -0.2) is 26.3 Å². The second-order valence-electron chi connectivity index (χ2n) is 8.01. The highest BCUT2D eigenvalue weighted by molar-refractivity contribution is 7.98. The van der Waals surface area contributed by atoms with E-state index < -0.39 is 0 Å². The van der Waals surface area contributed by atoms with E-state index in [1.165, 1.54) is 4.88 Å². The molecular weight excluding hydrogens is 511 g/mol. The Balaban J connectivity index is 1.58. The summed E-state index contributed by atoms with van der Waals surface area (Å²) >= 11 is 15.5. The van der Waals surface area contributed by atoms with Gasteiger partial charge in [-0.3, -0.25) is 4.79 Å². The smallest absolute Gasteiger partial charge is 0.268 e. The second-order valence-corrected chi connectivity index (χ2v) is 10.8. The van der Waals surface area contributed by atoms with Crippen molar-refractivity contribution in [1.29, 1.82) is 0 Å². The lowest BCUT2D eigenvalue weighted by molar-refractivity contribution is 0.413. The van der Waals surface area contributed by atoms with Crippen LogP contribution in [0.5, 0.6) is 5.75 Å². The summed E-state index contributed by atoms with van der Waals surface area (Å²) in [6.07, 6.45) is 2.98. The molecule has 172 valence electrons. The van der Waals surface area contributed by atoms with E-state index in [4.69, 9.17) is 27.9 Å². The number of ether oxygens (including phenoxy) is 1. The van der Waals surface area contributed by atoms with Gasteiger partial charge in [-0.05, 0) is 54.7 Å². The first-order valence-electron chi connectivity index (χ1n) is 10.7. The van der Waals surface area contributed by atoms with Crippen LogP contribution in [0.3, 0.4) is 0 Å². The largest absolute Gasteiger partial charge is 0.495 e. The van der Waals surface area contributed by atoms with Gasteiger partial charge in [0.25, 0.3) is 5.56 Å². The van der Waals surface area contributed by atoms with Gasteiger partial charge in [0.2, 0.25) is 5.78 Å². The Morgan fingerprint density at radius 3 is 2.79 bits per heavy atom. The van der Waals surface area contributed by atoms with Crippen molar-refractivity contribution in [3.05, 3.63) is 78.9 Å². The van der Waals surface area contributed by atoms with Crippen molar-refractivity contribution in [3.8, 4) is 11.4 Å². The minimum absolute atomic E-state index is 0.0835. The number of benzene rings is 2. The van der Waals surface area contributed by atoms with Crippen LogP contribution in [0.25, 0.3) is 21.7 Å². The predicted octanol–water partition coefficient (Wildman–Crippen LogP) is 6.19. The third-order valence-corrected chi connectivity index (χ3v) is 9.03. The maximum atomic E-state index is 13.9. The summed E-state index contributed by atoms with van der Waals surface area (Å²) in [7, 11) is 1.60. The lowest BCUT2D eigenvalue weighted by Crippen LogP contribution is -2.22. The maximum absolute atomic E-state index is 13.9. The fourth-order valence-corrected chi connectivity index (χ4v) is 7.09. The zero-order valence-corrected chi connectivity index (χ0v) is 21.2. The van der Waals surface area contributed by atoms with Crippen LogP contribution in [-0.2, 0) is 18.6 Å². The quantitative estimate of drug-likeness (QED) is 0.254. The molecule has 0 saturated heterocycles. The molecule has 1 aliphatic carbocycles. The summed E-state index contributed by atoms with van der Waals surface area (Å²) in [5.41, 5.74) is 2.75. The number of rotatable bonds is 5. The van der Waals surface area contributed by atoms with E-state index in [0.29, 0.717) is 33.0 Å². The van der Waals surface area contributed by atoms with Crippen molar-refractivity contribution < 1.29 is 4.74 Å². The molecule has 6 rings (SSSR count). The van der Waals surface area contributed by atoms with Gasteiger partial charge in [0.1, 0.15) is 10.6 Å². The molecule has 0 atom stereocenters. The average molecular weight is 529 g/mol. The number of methoxy groups -OCH3 is 1. The molecule has 0 radical (unpaired) electrons. The van der Waals surface area contributed by atoms with E-state index in [2.05, 4.69) is 10.2 Å². The summed E-state index contributed by atoms with van der Waals surface area (Å²) in [5, 5.41) is 11.5. The fraction of sp³-hybridized carbons (Fsp3) is 0.208. The molecular formula is C24H18Cl2N4O2S2. The Morgan fingerprint density at radius 1 is 1.12 bits per heavy atom. The molecule has 34 heavy (non-hydrogen) atoms. The van der Waals surface area contributed by atoms with Crippen LogP contribution in [0.15, 0.2) is 52.4 Å². The van der Waals surface area contributed by atoms with Crippen LogP contribution in [0.1, 0.15) is 22.4 Å². The Bertz CT molecular complexity index is 1640. The average Bonchev–Trinajstić information content (AvgIpc) is 3.54. The van der Waals surface area contributed by atoms with E-state index in [-0.39, 0.29) is 5.56 Å². The number of thiophene rings is 1. The molecule has 2 aromatic carbocycles. The summed E-state index contributed by atoms with van der Waals surface area (Å²) < 4.78 is 9.22. The van der Waals surface area contributed by atoms with Gasteiger partial charge in [-0.1, -0.05) is 53.2 Å². The molecule has 6 nitrogen and oxygen atoms in total. The van der Waals surface area contributed by atoms with E-state index in [0.717, 1.165) is 45.8 Å². The third-order valence-electron chi connectivity index (χ3n) is 6.02. The lowest BCUT2D eigenvalue weighted by atomic mass is 10.2. The molecule has 0 aliphatic heterocycles. The van der Waals surface area contributed by atoms with Gasteiger partial charge in [0.15, 0.2) is 5.16 Å². The van der Waals surface area contributed by atoms with Gasteiger partial charge < -0.3 is 4.74 Å². The lowest BCUT2D eigenvalue weighted by Gasteiger charge is -2.13. The first-order valence-corrected chi connectivity index (χ1v) is 13.3. The number of thioether (sulfide) groups is 1. The molecule has 1 aliphatic rings. The van der Waals surface area contributed by atoms with Crippen molar-refractivity contribution in [1.82, 2.24) is 19.2 Å². The van der Waals surface area contributed by atoms with Gasteiger partial charge in [0.05, 0.1) is 28.2 Å². The van der Waals surface area contributed by atoms with Crippen molar-refractivity contribution in [3.63, 3.8) is 0 Å². The molecule has 0 fully saturated rings. The molecule has 0 N–H and O–H groups in total. The molecule has 0 saturated carbocycles. The Labute approximate surface area is 213 Å². The molecule has 0 unspecified atom stereocenters. The van der Waals surface area contributed by atoms with E-state index >= 15 is 0 Å². The normalized spacial score (nSPS) is 13.1. The third kappa shape index (κ3) is 3.43. The number of aromatic nitrogens is 4. The highest BCUT2D eigenvalue weighted by Gasteiger charge is 2.27. The minimum Gasteiger partial charge on any atom is -0.495 e. The number of hydrogen-bond acceptors (Lipinski definition) is 6. The Kier molecular flexibility index (Phi) is 5.56. The number of halogens is 2. The Morgan fingerprint density at radius 2 is 1.97 bits per heavy atom. The van der Waals surface area contributed by atoms with Gasteiger partial charge in [0, 0.05) is 10.6 Å². The van der Waals surface area contributed by atoms with Crippen molar-refractivity contribution in [2.24, 2.45) is 0 Å². The topological polar surface area (TPSA) is 61.4 Å². The molecule has 0 bridgehead atoms. The fourth-order valence-electron chi connectivity index (χ4n) is 4.46.